The summed E-state index contributed by atoms with van der Waals surface area (Å²) in [5.74, 6) is -1.57. The molecule has 0 saturated heterocycles. The number of alkyl carbamates (subject to hydrolysis) is 1. The highest BCUT2D eigenvalue weighted by molar-refractivity contribution is 5.81. The molecule has 0 spiro atoms. The van der Waals surface area contributed by atoms with Crippen LogP contribution in [0.1, 0.15) is 23.1 Å². The number of aliphatic carboxylic acids is 1. The van der Waals surface area contributed by atoms with Crippen LogP contribution in [0.3, 0.4) is 0 Å². The number of hydrogen-bond donors (Lipinski definition) is 3. The van der Waals surface area contributed by atoms with Crippen molar-refractivity contribution >= 4 is 18.0 Å². The molecule has 0 saturated carbocycles. The third kappa shape index (κ3) is 4.63. The average Bonchev–Trinajstić information content (AvgIpc) is 3.04. The first kappa shape index (κ1) is 18.4. The molecule has 3 rings (SSSR count). The number of carboxylic acids is 1. The maximum absolute atomic E-state index is 11.8. The van der Waals surface area contributed by atoms with Crippen LogP contribution >= 0.6 is 0 Å². The Morgan fingerprint density at radius 2 is 1.78 bits per heavy atom. The lowest BCUT2D eigenvalue weighted by atomic mass is 10.0. The van der Waals surface area contributed by atoms with Crippen LogP contribution in [0.25, 0.3) is 11.1 Å². The van der Waals surface area contributed by atoms with Gasteiger partial charge in [-0.15, -0.1) is 0 Å². The molecule has 0 bridgehead atoms. The number of carbonyl (C=O) groups excluding carboxylic acids is 2. The Hall–Kier alpha value is -3.35. The summed E-state index contributed by atoms with van der Waals surface area (Å²) in [6.45, 7) is -0.221. The molecule has 27 heavy (non-hydrogen) atoms. The van der Waals surface area contributed by atoms with E-state index >= 15 is 0 Å². The summed E-state index contributed by atoms with van der Waals surface area (Å²) >= 11 is 0. The van der Waals surface area contributed by atoms with Crippen LogP contribution < -0.4 is 10.6 Å². The number of benzene rings is 2. The van der Waals surface area contributed by atoms with Gasteiger partial charge < -0.3 is 20.5 Å². The van der Waals surface area contributed by atoms with E-state index in [2.05, 4.69) is 28.8 Å². The van der Waals surface area contributed by atoms with Crippen LogP contribution in [0, 0.1) is 0 Å². The minimum absolute atomic E-state index is 0.0155. The Labute approximate surface area is 156 Å². The Morgan fingerprint density at radius 1 is 1.00 bits per heavy atom. The molecule has 0 aromatic heterocycles. The second-order valence-corrected chi connectivity index (χ2v) is 6.20. The Balaban J connectivity index is 1.48. The molecule has 2 aromatic rings. The highest BCUT2D eigenvalue weighted by Gasteiger charge is 2.20. The number of fused-ring (bicyclic) bond motifs is 3. The van der Waals surface area contributed by atoms with Crippen LogP contribution in [-0.2, 0) is 27.4 Å². The zero-order valence-electron chi connectivity index (χ0n) is 14.7. The lowest BCUT2D eigenvalue weighted by Crippen LogP contribution is -2.33. The first-order valence-corrected chi connectivity index (χ1v) is 8.63. The molecule has 0 fully saturated rings. The second kappa shape index (κ2) is 8.35. The predicted octanol–water partition coefficient (Wildman–Crippen LogP) is 2.07. The van der Waals surface area contributed by atoms with E-state index in [0.29, 0.717) is 0 Å². The number of hydrogen-bond acceptors (Lipinski definition) is 4. The van der Waals surface area contributed by atoms with Gasteiger partial charge in [-0.1, -0.05) is 42.5 Å². The zero-order chi connectivity index (χ0) is 19.2. The minimum Gasteiger partial charge on any atom is -0.480 e. The van der Waals surface area contributed by atoms with Gasteiger partial charge in [0.05, 0.1) is 0 Å². The van der Waals surface area contributed by atoms with Crippen molar-refractivity contribution in [3.8, 4) is 11.1 Å². The molecular formula is C20H20N2O5. The summed E-state index contributed by atoms with van der Waals surface area (Å²) < 4.78 is 5.26. The fraction of sp³-hybridized carbons (Fsp3) is 0.250. The number of carbonyl (C=O) groups is 3. The van der Waals surface area contributed by atoms with Gasteiger partial charge in [0.1, 0.15) is 13.2 Å². The van der Waals surface area contributed by atoms with Crippen LogP contribution in [-0.4, -0.2) is 36.2 Å². The first-order valence-electron chi connectivity index (χ1n) is 8.63. The largest absolute Gasteiger partial charge is 0.480 e. The van der Waals surface area contributed by atoms with E-state index < -0.39 is 24.5 Å². The highest BCUT2D eigenvalue weighted by Crippen LogP contribution is 2.38. The van der Waals surface area contributed by atoms with Crippen LogP contribution in [0.2, 0.25) is 0 Å². The van der Waals surface area contributed by atoms with E-state index in [1.807, 2.05) is 24.3 Å². The van der Waals surface area contributed by atoms with Gasteiger partial charge in [0.15, 0.2) is 0 Å². The standard InChI is InChI=1S/C20H20N2O5/c23-18(22-11-19(24)25)8-9-21-20(26)27-12-14-5-3-7-16-15-6-2-1-4-13(15)10-17(14)16/h1-7H,8-12H2,(H,21,26)(H,22,23)(H,24,25). The van der Waals surface area contributed by atoms with Crippen molar-refractivity contribution < 1.29 is 24.2 Å². The summed E-state index contributed by atoms with van der Waals surface area (Å²) in [7, 11) is 0. The molecule has 2 amide bonds. The molecule has 2 aromatic carbocycles. The molecule has 0 heterocycles. The highest BCUT2D eigenvalue weighted by atomic mass is 16.5. The van der Waals surface area contributed by atoms with E-state index in [9.17, 15) is 14.4 Å². The van der Waals surface area contributed by atoms with Gasteiger partial charge in [0.2, 0.25) is 5.91 Å². The lowest BCUT2D eigenvalue weighted by Gasteiger charge is -2.10. The van der Waals surface area contributed by atoms with E-state index in [1.54, 1.807) is 0 Å². The summed E-state index contributed by atoms with van der Waals surface area (Å²) in [4.78, 5) is 33.6. The minimum atomic E-state index is -1.12. The van der Waals surface area contributed by atoms with Gasteiger partial charge in [-0.3, -0.25) is 9.59 Å². The number of rotatable bonds is 7. The normalized spacial score (nSPS) is 11.3. The maximum Gasteiger partial charge on any atom is 0.407 e. The van der Waals surface area contributed by atoms with Crippen molar-refractivity contribution in [3.63, 3.8) is 0 Å². The first-order chi connectivity index (χ1) is 13.0. The van der Waals surface area contributed by atoms with E-state index in [0.717, 1.165) is 12.0 Å². The molecule has 7 nitrogen and oxygen atoms in total. The van der Waals surface area contributed by atoms with Gasteiger partial charge in [0, 0.05) is 13.0 Å². The molecule has 3 N–H and O–H groups in total. The summed E-state index contributed by atoms with van der Waals surface area (Å²) in [6, 6.07) is 14.2. The predicted molar refractivity (Wildman–Crippen MR) is 98.1 cm³/mol. The Bertz CT molecular complexity index is 878. The third-order valence-corrected chi connectivity index (χ3v) is 4.36. The molecular weight excluding hydrogens is 348 g/mol. The number of amides is 2. The Morgan fingerprint density at radius 3 is 2.59 bits per heavy atom. The molecule has 0 radical (unpaired) electrons. The number of carboxylic acid groups (broad SMARTS) is 1. The van der Waals surface area contributed by atoms with Crippen molar-refractivity contribution in [1.29, 1.82) is 0 Å². The maximum atomic E-state index is 11.8. The molecule has 140 valence electrons. The third-order valence-electron chi connectivity index (χ3n) is 4.36. The number of nitrogens with one attached hydrogen (secondary N) is 2. The van der Waals surface area contributed by atoms with Crippen LogP contribution in [0.15, 0.2) is 42.5 Å². The summed E-state index contributed by atoms with van der Waals surface area (Å²) in [5.41, 5.74) is 5.77. The van der Waals surface area contributed by atoms with E-state index in [1.165, 1.54) is 22.3 Å². The monoisotopic (exact) mass is 368 g/mol. The smallest absolute Gasteiger partial charge is 0.407 e. The van der Waals surface area contributed by atoms with E-state index in [-0.39, 0.29) is 19.6 Å². The molecule has 0 unspecified atom stereocenters. The topological polar surface area (TPSA) is 105 Å². The zero-order valence-corrected chi connectivity index (χ0v) is 14.7. The molecule has 1 aliphatic carbocycles. The number of ether oxygens (including phenoxy) is 1. The van der Waals surface area contributed by atoms with Crippen molar-refractivity contribution in [1.82, 2.24) is 10.6 Å². The van der Waals surface area contributed by atoms with Crippen molar-refractivity contribution in [2.75, 3.05) is 13.1 Å². The molecule has 1 aliphatic rings. The Kier molecular flexibility index (Phi) is 5.71. The average molecular weight is 368 g/mol. The van der Waals surface area contributed by atoms with Crippen LogP contribution in [0.5, 0.6) is 0 Å². The molecule has 7 heteroatoms. The fourth-order valence-corrected chi connectivity index (χ4v) is 3.09. The molecule has 0 atom stereocenters. The van der Waals surface area contributed by atoms with Crippen molar-refractivity contribution in [3.05, 3.63) is 59.2 Å². The lowest BCUT2D eigenvalue weighted by molar-refractivity contribution is -0.137. The summed E-state index contributed by atoms with van der Waals surface area (Å²) in [6.07, 6.45) is 0.184. The van der Waals surface area contributed by atoms with Crippen molar-refractivity contribution in [2.45, 2.75) is 19.4 Å². The van der Waals surface area contributed by atoms with Gasteiger partial charge in [-0.25, -0.2) is 4.79 Å². The molecule has 0 aliphatic heterocycles. The van der Waals surface area contributed by atoms with Gasteiger partial charge >= 0.3 is 12.1 Å². The van der Waals surface area contributed by atoms with Crippen LogP contribution in [0.4, 0.5) is 4.79 Å². The second-order valence-electron chi connectivity index (χ2n) is 6.20. The van der Waals surface area contributed by atoms with Gasteiger partial charge in [-0.2, -0.15) is 0 Å². The quantitative estimate of drug-likeness (QED) is 0.592. The SMILES string of the molecule is O=C(O)CNC(=O)CCNC(=O)OCc1cccc2c1Cc1ccccc1-2. The van der Waals surface area contributed by atoms with Crippen molar-refractivity contribution in [2.24, 2.45) is 0 Å². The fourth-order valence-electron chi connectivity index (χ4n) is 3.09. The van der Waals surface area contributed by atoms with E-state index in [4.69, 9.17) is 9.84 Å². The van der Waals surface area contributed by atoms with Gasteiger partial charge in [-0.05, 0) is 34.2 Å². The van der Waals surface area contributed by atoms with Gasteiger partial charge in [0.25, 0.3) is 0 Å². The summed E-state index contributed by atoms with van der Waals surface area (Å²) in [5, 5.41) is 13.2.